The normalized spacial score (nSPS) is 10.3. The molecule has 2 rings (SSSR count). The van der Waals surface area contributed by atoms with Crippen LogP contribution in [0.15, 0.2) is 47.4 Å². The number of nitro groups is 1. The van der Waals surface area contributed by atoms with Crippen LogP contribution in [-0.4, -0.2) is 39.3 Å². The highest BCUT2D eigenvalue weighted by atomic mass is 16.6. The van der Waals surface area contributed by atoms with E-state index in [1.165, 1.54) is 0 Å². The lowest BCUT2D eigenvalue weighted by atomic mass is 10.1. The van der Waals surface area contributed by atoms with Gasteiger partial charge in [-0.1, -0.05) is 6.07 Å². The zero-order valence-corrected chi connectivity index (χ0v) is 15.0. The van der Waals surface area contributed by atoms with E-state index in [2.05, 4.69) is 5.32 Å². The lowest BCUT2D eigenvalue weighted by molar-refractivity contribution is -0.385. The minimum atomic E-state index is -0.643. The second-order valence-electron chi connectivity index (χ2n) is 5.72. The third-order valence-electron chi connectivity index (χ3n) is 3.94. The van der Waals surface area contributed by atoms with Crippen molar-refractivity contribution in [3.8, 4) is 0 Å². The Morgan fingerprint density at radius 1 is 1.19 bits per heavy atom. The Morgan fingerprint density at radius 2 is 1.89 bits per heavy atom. The summed E-state index contributed by atoms with van der Waals surface area (Å²) in [6.45, 7) is 4.52. The van der Waals surface area contributed by atoms with E-state index in [4.69, 9.17) is 0 Å². The largest absolute Gasteiger partial charge is 0.339 e. The van der Waals surface area contributed by atoms with Crippen LogP contribution < -0.4 is 10.9 Å². The zero-order chi connectivity index (χ0) is 20.0. The van der Waals surface area contributed by atoms with Crippen molar-refractivity contribution < 1.29 is 14.5 Å². The monoisotopic (exact) mass is 372 g/mol. The zero-order valence-electron chi connectivity index (χ0n) is 15.0. The van der Waals surface area contributed by atoms with Crippen LogP contribution in [0.3, 0.4) is 0 Å². The second kappa shape index (κ2) is 8.75. The molecule has 1 aromatic heterocycles. The quantitative estimate of drug-likeness (QED) is 0.589. The van der Waals surface area contributed by atoms with E-state index < -0.39 is 16.4 Å². The average molecular weight is 372 g/mol. The summed E-state index contributed by atoms with van der Waals surface area (Å²) in [6.07, 6.45) is 1.02. The van der Waals surface area contributed by atoms with E-state index in [-0.39, 0.29) is 18.1 Å². The number of pyridine rings is 1. The molecule has 0 atom stereocenters. The van der Waals surface area contributed by atoms with Gasteiger partial charge in [-0.05, 0) is 32.0 Å². The van der Waals surface area contributed by atoms with Gasteiger partial charge in [-0.15, -0.1) is 0 Å². The molecule has 2 amide bonds. The Kier molecular flexibility index (Phi) is 6.42. The number of carbonyl (C=O) groups is 2. The number of rotatable bonds is 7. The molecule has 0 aliphatic carbocycles. The Morgan fingerprint density at radius 3 is 2.52 bits per heavy atom. The van der Waals surface area contributed by atoms with Gasteiger partial charge in [-0.2, -0.15) is 0 Å². The van der Waals surface area contributed by atoms with Crippen LogP contribution in [0, 0.1) is 10.1 Å². The number of carbonyl (C=O) groups excluding carboxylic acids is 2. The van der Waals surface area contributed by atoms with E-state index in [1.807, 2.05) is 13.8 Å². The lowest BCUT2D eigenvalue weighted by Crippen LogP contribution is -2.30. The molecule has 0 radical (unpaired) electrons. The molecule has 0 saturated carbocycles. The fourth-order valence-corrected chi connectivity index (χ4v) is 2.53. The van der Waals surface area contributed by atoms with E-state index in [1.54, 1.807) is 29.2 Å². The number of hydrogen-bond acceptors (Lipinski definition) is 5. The second-order valence-corrected chi connectivity index (χ2v) is 5.72. The lowest BCUT2D eigenvalue weighted by Gasteiger charge is -2.19. The van der Waals surface area contributed by atoms with Crippen molar-refractivity contribution in [1.29, 1.82) is 0 Å². The molecule has 142 valence electrons. The van der Waals surface area contributed by atoms with Gasteiger partial charge < -0.3 is 10.2 Å². The third kappa shape index (κ3) is 5.00. The van der Waals surface area contributed by atoms with Crippen molar-refractivity contribution in [1.82, 2.24) is 9.47 Å². The van der Waals surface area contributed by atoms with Gasteiger partial charge >= 0.3 is 0 Å². The first-order chi connectivity index (χ1) is 12.8. The van der Waals surface area contributed by atoms with Crippen LogP contribution in [-0.2, 0) is 11.3 Å². The fourth-order valence-electron chi connectivity index (χ4n) is 2.53. The number of aromatic nitrogens is 1. The highest BCUT2D eigenvalue weighted by molar-refractivity contribution is 5.97. The van der Waals surface area contributed by atoms with Gasteiger partial charge in [0.25, 0.3) is 17.2 Å². The number of nitrogens with zero attached hydrogens (tertiary/aromatic N) is 3. The Hall–Kier alpha value is -3.49. The van der Waals surface area contributed by atoms with Gasteiger partial charge in [-0.3, -0.25) is 29.1 Å². The maximum Gasteiger partial charge on any atom is 0.285 e. The Balaban J connectivity index is 2.14. The molecule has 1 heterocycles. The summed E-state index contributed by atoms with van der Waals surface area (Å²) in [6, 6.07) is 8.59. The van der Waals surface area contributed by atoms with Crippen LogP contribution in [0.25, 0.3) is 0 Å². The highest BCUT2D eigenvalue weighted by Crippen LogP contribution is 2.13. The van der Waals surface area contributed by atoms with Crippen molar-refractivity contribution >= 4 is 23.2 Å². The Bertz CT molecular complexity index is 918. The summed E-state index contributed by atoms with van der Waals surface area (Å²) in [4.78, 5) is 48.2. The number of hydrogen-bond donors (Lipinski definition) is 1. The van der Waals surface area contributed by atoms with Crippen LogP contribution in [0.4, 0.5) is 11.4 Å². The van der Waals surface area contributed by atoms with E-state index in [0.29, 0.717) is 24.3 Å². The molecule has 2 aromatic rings. The first-order valence-corrected chi connectivity index (χ1v) is 8.39. The van der Waals surface area contributed by atoms with E-state index >= 15 is 0 Å². The molecule has 0 unspecified atom stereocenters. The molecule has 0 fully saturated rings. The predicted octanol–water partition coefficient (Wildman–Crippen LogP) is 1.88. The van der Waals surface area contributed by atoms with Gasteiger partial charge in [0.15, 0.2) is 0 Å². The molecule has 0 spiro atoms. The van der Waals surface area contributed by atoms with E-state index in [0.717, 1.165) is 22.9 Å². The van der Waals surface area contributed by atoms with Gasteiger partial charge in [0.2, 0.25) is 5.91 Å². The topological polar surface area (TPSA) is 115 Å². The molecule has 9 nitrogen and oxygen atoms in total. The summed E-state index contributed by atoms with van der Waals surface area (Å²) >= 11 is 0. The first kappa shape index (κ1) is 19.8. The van der Waals surface area contributed by atoms with Crippen molar-refractivity contribution in [2.24, 2.45) is 0 Å². The SMILES string of the molecule is CCN(CC)C(=O)c1cccc(NC(=O)Cn2cc([N+](=O)[O-])ccc2=O)c1. The first-order valence-electron chi connectivity index (χ1n) is 8.39. The molecule has 1 N–H and O–H groups in total. The Labute approximate surface area is 155 Å². The molecular formula is C18H20N4O5. The minimum absolute atomic E-state index is 0.147. The van der Waals surface area contributed by atoms with Gasteiger partial charge in [0.05, 0.1) is 11.1 Å². The molecular weight excluding hydrogens is 352 g/mol. The predicted molar refractivity (Wildman–Crippen MR) is 99.7 cm³/mol. The molecule has 0 saturated heterocycles. The van der Waals surface area contributed by atoms with Gasteiger partial charge in [-0.25, -0.2) is 0 Å². The summed E-state index contributed by atoms with van der Waals surface area (Å²) in [5.74, 6) is -0.684. The van der Waals surface area contributed by atoms with E-state index in [9.17, 15) is 24.5 Å². The fraction of sp³-hybridized carbons (Fsp3) is 0.278. The summed E-state index contributed by atoms with van der Waals surface area (Å²) in [5, 5.41) is 13.4. The van der Waals surface area contributed by atoms with Crippen LogP contribution in [0.2, 0.25) is 0 Å². The minimum Gasteiger partial charge on any atom is -0.339 e. The summed E-state index contributed by atoms with van der Waals surface area (Å²) < 4.78 is 0.957. The van der Waals surface area contributed by atoms with Gasteiger partial charge in [0, 0.05) is 36.5 Å². The standard InChI is InChI=1S/C18H20N4O5/c1-3-20(4-2)18(25)13-6-5-7-14(10-13)19-16(23)12-21-11-15(22(26)27)8-9-17(21)24/h5-11H,3-4,12H2,1-2H3,(H,19,23). The smallest absolute Gasteiger partial charge is 0.285 e. The van der Waals surface area contributed by atoms with Crippen molar-refractivity contribution in [3.63, 3.8) is 0 Å². The summed E-state index contributed by atoms with van der Waals surface area (Å²) in [5.41, 5.74) is 0.0240. The van der Waals surface area contributed by atoms with Crippen molar-refractivity contribution in [2.45, 2.75) is 20.4 Å². The van der Waals surface area contributed by atoms with Crippen LogP contribution in [0.1, 0.15) is 24.2 Å². The number of amides is 2. The maximum atomic E-state index is 12.4. The number of benzene rings is 1. The number of anilines is 1. The maximum absolute atomic E-state index is 12.4. The van der Waals surface area contributed by atoms with Crippen molar-refractivity contribution in [3.05, 3.63) is 68.6 Å². The number of nitrogens with one attached hydrogen (secondary N) is 1. The van der Waals surface area contributed by atoms with Crippen molar-refractivity contribution in [2.75, 3.05) is 18.4 Å². The molecule has 0 bridgehead atoms. The molecule has 0 aliphatic heterocycles. The molecule has 1 aromatic carbocycles. The third-order valence-corrected chi connectivity index (χ3v) is 3.94. The van der Waals surface area contributed by atoms with Crippen LogP contribution >= 0.6 is 0 Å². The molecule has 27 heavy (non-hydrogen) atoms. The highest BCUT2D eigenvalue weighted by Gasteiger charge is 2.14. The van der Waals surface area contributed by atoms with Gasteiger partial charge in [0.1, 0.15) is 6.54 Å². The van der Waals surface area contributed by atoms with Crippen LogP contribution in [0.5, 0.6) is 0 Å². The average Bonchev–Trinajstić information content (AvgIpc) is 2.64. The summed E-state index contributed by atoms with van der Waals surface area (Å²) in [7, 11) is 0. The molecule has 9 heteroatoms. The molecule has 0 aliphatic rings.